The van der Waals surface area contributed by atoms with E-state index in [1.54, 1.807) is 6.92 Å². The Morgan fingerprint density at radius 3 is 2.12 bits per heavy atom. The van der Waals surface area contributed by atoms with Crippen LogP contribution in [-0.4, -0.2) is 61.9 Å². The van der Waals surface area contributed by atoms with Gasteiger partial charge in [0.15, 0.2) is 0 Å². The molecular formula is C18H27NO2S4. The van der Waals surface area contributed by atoms with Crippen molar-refractivity contribution in [1.29, 1.82) is 0 Å². The predicted octanol–water partition coefficient (Wildman–Crippen LogP) is 4.84. The first kappa shape index (κ1) is 21.5. The zero-order chi connectivity index (χ0) is 18.6. The minimum Gasteiger partial charge on any atom is -0.371 e. The third kappa shape index (κ3) is 4.74. The Bertz CT molecular complexity index is 636. The molecule has 2 rings (SSSR count). The van der Waals surface area contributed by atoms with E-state index in [2.05, 4.69) is 36.8 Å². The van der Waals surface area contributed by atoms with Gasteiger partial charge in [0.05, 0.1) is 19.3 Å². The van der Waals surface area contributed by atoms with Crippen LogP contribution in [0.3, 0.4) is 0 Å². The second-order valence-corrected chi connectivity index (χ2v) is 9.23. The molecule has 1 saturated heterocycles. The molecule has 0 spiro atoms. The summed E-state index contributed by atoms with van der Waals surface area (Å²) < 4.78 is 6.18. The van der Waals surface area contributed by atoms with Gasteiger partial charge in [0, 0.05) is 38.2 Å². The molecule has 1 aliphatic rings. The van der Waals surface area contributed by atoms with E-state index < -0.39 is 0 Å². The van der Waals surface area contributed by atoms with Crippen molar-refractivity contribution in [1.82, 2.24) is 4.90 Å². The van der Waals surface area contributed by atoms with Crippen LogP contribution in [0.25, 0.3) is 0 Å². The molecule has 0 aromatic heterocycles. The van der Waals surface area contributed by atoms with Gasteiger partial charge in [-0.2, -0.15) is 0 Å². The summed E-state index contributed by atoms with van der Waals surface area (Å²) in [6.07, 6.45) is 8.64. The largest absolute Gasteiger partial charge is 0.371 e. The average molecular weight is 418 g/mol. The number of ketones is 1. The molecule has 0 saturated carbocycles. The van der Waals surface area contributed by atoms with E-state index in [1.165, 1.54) is 30.7 Å². The fourth-order valence-electron chi connectivity index (χ4n) is 3.33. The first-order chi connectivity index (χ1) is 12.0. The van der Waals surface area contributed by atoms with E-state index in [9.17, 15) is 4.79 Å². The van der Waals surface area contributed by atoms with Gasteiger partial charge in [-0.05, 0) is 44.4 Å². The molecule has 0 N–H and O–H groups in total. The molecule has 1 aromatic carbocycles. The zero-order valence-corrected chi connectivity index (χ0v) is 19.1. The molecule has 1 aromatic rings. The third-order valence-corrected chi connectivity index (χ3v) is 8.11. The molecule has 0 amide bonds. The number of hydrogen-bond acceptors (Lipinski definition) is 7. The lowest BCUT2D eigenvalue weighted by atomic mass is 10.0. The topological polar surface area (TPSA) is 29.5 Å². The van der Waals surface area contributed by atoms with Gasteiger partial charge < -0.3 is 4.74 Å². The van der Waals surface area contributed by atoms with Crippen LogP contribution < -0.4 is 0 Å². The molecule has 25 heavy (non-hydrogen) atoms. The van der Waals surface area contributed by atoms with Crippen molar-refractivity contribution in [2.45, 2.75) is 39.5 Å². The Morgan fingerprint density at radius 1 is 1.04 bits per heavy atom. The van der Waals surface area contributed by atoms with Crippen molar-refractivity contribution in [2.75, 3.05) is 51.3 Å². The van der Waals surface area contributed by atoms with Crippen molar-refractivity contribution >= 4 is 52.8 Å². The maximum atomic E-state index is 11.5. The zero-order valence-electron chi connectivity index (χ0n) is 15.8. The van der Waals surface area contributed by atoms with E-state index in [-0.39, 0.29) is 11.9 Å². The highest BCUT2D eigenvalue weighted by molar-refractivity contribution is 8.04. The second kappa shape index (κ2) is 9.95. The second-order valence-electron chi connectivity index (χ2n) is 5.97. The molecule has 1 aliphatic heterocycles. The number of carbonyl (C=O) groups is 1. The van der Waals surface area contributed by atoms with E-state index in [1.807, 2.05) is 47.0 Å². The van der Waals surface area contributed by atoms with Gasteiger partial charge in [0.25, 0.3) is 0 Å². The first-order valence-electron chi connectivity index (χ1n) is 8.18. The molecule has 1 heterocycles. The van der Waals surface area contributed by atoms with Crippen LogP contribution in [0.1, 0.15) is 24.2 Å². The Labute approximate surface area is 168 Å². The molecule has 140 valence electrons. The Hall–Kier alpha value is 0.210. The number of benzene rings is 1. The number of Topliss-reactive ketones (excluding diaryl/α,β-unsaturated/α-hetero) is 1. The van der Waals surface area contributed by atoms with Crippen LogP contribution in [0, 0.1) is 6.92 Å². The van der Waals surface area contributed by atoms with Gasteiger partial charge in [0.1, 0.15) is 5.78 Å². The van der Waals surface area contributed by atoms with Crippen LogP contribution in [0.4, 0.5) is 0 Å². The lowest BCUT2D eigenvalue weighted by molar-refractivity contribution is -0.120. The fourth-order valence-corrected chi connectivity index (χ4v) is 7.67. The van der Waals surface area contributed by atoms with Gasteiger partial charge >= 0.3 is 0 Å². The summed E-state index contributed by atoms with van der Waals surface area (Å²) in [6.45, 7) is 6.69. The maximum Gasteiger partial charge on any atom is 0.143 e. The molecule has 1 unspecified atom stereocenters. The van der Waals surface area contributed by atoms with Crippen LogP contribution in [-0.2, 0) is 9.53 Å². The van der Waals surface area contributed by atoms with E-state index in [0.717, 1.165) is 13.1 Å². The van der Waals surface area contributed by atoms with E-state index >= 15 is 0 Å². The smallest absolute Gasteiger partial charge is 0.143 e. The first-order valence-corrected chi connectivity index (χ1v) is 13.1. The van der Waals surface area contributed by atoms with E-state index in [0.29, 0.717) is 13.2 Å². The van der Waals surface area contributed by atoms with Gasteiger partial charge in [-0.25, -0.2) is 0 Å². The molecular weight excluding hydrogens is 390 g/mol. The Morgan fingerprint density at radius 2 is 1.60 bits per heavy atom. The monoisotopic (exact) mass is 417 g/mol. The molecule has 3 nitrogen and oxygen atoms in total. The number of thioether (sulfide) groups is 4. The van der Waals surface area contributed by atoms with Crippen LogP contribution in [0.15, 0.2) is 19.6 Å². The molecule has 1 fully saturated rings. The number of carbonyl (C=O) groups excluding carboxylic acids is 1. The lowest BCUT2D eigenvalue weighted by Crippen LogP contribution is -2.41. The summed E-state index contributed by atoms with van der Waals surface area (Å²) in [5.41, 5.74) is 2.64. The lowest BCUT2D eigenvalue weighted by Gasteiger charge is -2.35. The number of ether oxygens (including phenoxy) is 1. The predicted molar refractivity (Wildman–Crippen MR) is 114 cm³/mol. The van der Waals surface area contributed by atoms with Gasteiger partial charge in [-0.1, -0.05) is 0 Å². The van der Waals surface area contributed by atoms with Gasteiger partial charge in [-0.3, -0.25) is 9.69 Å². The maximum absolute atomic E-state index is 11.5. The fraction of sp³-hybridized carbons (Fsp3) is 0.611. The molecule has 7 heteroatoms. The Balaban J connectivity index is 2.53. The van der Waals surface area contributed by atoms with Crippen LogP contribution >= 0.6 is 47.0 Å². The number of nitrogens with zero attached hydrogens (tertiary/aromatic N) is 1. The SMILES string of the molecule is CSc1c(C)c(C2CN(CC(C)=O)CCO2)c(SC)c(SC)c1SC. The van der Waals surface area contributed by atoms with Crippen LogP contribution in [0.2, 0.25) is 0 Å². The molecule has 0 aliphatic carbocycles. The highest BCUT2D eigenvalue weighted by Crippen LogP contribution is 2.48. The highest BCUT2D eigenvalue weighted by Gasteiger charge is 2.30. The summed E-state index contributed by atoms with van der Waals surface area (Å²) in [5, 5.41) is 0. The molecule has 0 radical (unpaired) electrons. The summed E-state index contributed by atoms with van der Waals surface area (Å²) in [7, 11) is 0. The summed E-state index contributed by atoms with van der Waals surface area (Å²) in [4.78, 5) is 19.2. The number of rotatable bonds is 7. The van der Waals surface area contributed by atoms with Gasteiger partial charge in [-0.15, -0.1) is 47.0 Å². The third-order valence-electron chi connectivity index (χ3n) is 4.34. The van der Waals surface area contributed by atoms with Crippen molar-refractivity contribution < 1.29 is 9.53 Å². The van der Waals surface area contributed by atoms with Crippen molar-refractivity contribution in [3.05, 3.63) is 11.1 Å². The summed E-state index contributed by atoms with van der Waals surface area (Å²) >= 11 is 7.28. The van der Waals surface area contributed by atoms with Crippen molar-refractivity contribution in [3.8, 4) is 0 Å². The normalized spacial score (nSPS) is 18.6. The Kier molecular flexibility index (Phi) is 8.56. The summed E-state index contributed by atoms with van der Waals surface area (Å²) in [6, 6.07) is 0. The van der Waals surface area contributed by atoms with Crippen molar-refractivity contribution in [3.63, 3.8) is 0 Å². The van der Waals surface area contributed by atoms with Crippen LogP contribution in [0.5, 0.6) is 0 Å². The quantitative estimate of drug-likeness (QED) is 0.586. The van der Waals surface area contributed by atoms with Crippen molar-refractivity contribution in [2.24, 2.45) is 0 Å². The average Bonchev–Trinajstić information content (AvgIpc) is 2.59. The number of hydrogen-bond donors (Lipinski definition) is 0. The molecule has 1 atom stereocenters. The highest BCUT2D eigenvalue weighted by atomic mass is 32.2. The summed E-state index contributed by atoms with van der Waals surface area (Å²) in [5.74, 6) is 0.217. The molecule has 0 bridgehead atoms. The number of morpholine rings is 1. The standard InChI is InChI=1S/C18H27NO2S4/c1-11(20)9-19-7-8-21-13(10-19)14-12(2)15(22-3)17(24-5)18(25-6)16(14)23-4/h13H,7-10H2,1-6H3. The minimum absolute atomic E-state index is 0.0308. The van der Waals surface area contributed by atoms with E-state index in [4.69, 9.17) is 4.74 Å². The van der Waals surface area contributed by atoms with Gasteiger partial charge in [0.2, 0.25) is 0 Å². The minimum atomic E-state index is 0.0308.